The quantitative estimate of drug-likeness (QED) is 0.463. The summed E-state index contributed by atoms with van der Waals surface area (Å²) in [5, 5.41) is 4.58. The Bertz CT molecular complexity index is 1100. The summed E-state index contributed by atoms with van der Waals surface area (Å²) >= 11 is 7.68. The van der Waals surface area contributed by atoms with Crippen LogP contribution in [-0.2, 0) is 26.1 Å². The first-order chi connectivity index (χ1) is 15.1. The van der Waals surface area contributed by atoms with Crippen molar-refractivity contribution < 1.29 is 18.0 Å². The Balaban J connectivity index is 2.24. The molecule has 0 saturated heterocycles. The first-order valence-corrected chi connectivity index (χ1v) is 11.3. The number of nitrogens with zero attached hydrogens (tertiary/aromatic N) is 2. The van der Waals surface area contributed by atoms with Crippen molar-refractivity contribution in [2.45, 2.75) is 38.3 Å². The summed E-state index contributed by atoms with van der Waals surface area (Å²) in [5.41, 5.74) is 13.0. The van der Waals surface area contributed by atoms with Crippen molar-refractivity contribution in [3.05, 3.63) is 61.9 Å². The van der Waals surface area contributed by atoms with Gasteiger partial charge in [-0.25, -0.2) is 0 Å². The Hall–Kier alpha value is -2.36. The van der Waals surface area contributed by atoms with E-state index in [2.05, 4.69) is 5.10 Å². The summed E-state index contributed by atoms with van der Waals surface area (Å²) < 4.78 is 42.4. The molecular formula is C22H24ClF3N4OS. The molecule has 0 spiro atoms. The number of primary amides is 1. The van der Waals surface area contributed by atoms with Gasteiger partial charge < -0.3 is 11.5 Å². The number of carbonyl (C=O) groups is 1. The number of hydrogen-bond donors (Lipinski definition) is 2. The van der Waals surface area contributed by atoms with Crippen LogP contribution in [0.1, 0.15) is 50.5 Å². The smallest absolute Gasteiger partial charge is 0.365 e. The molecule has 1 amide bonds. The largest absolute Gasteiger partial charge is 0.416 e. The molecule has 32 heavy (non-hydrogen) atoms. The van der Waals surface area contributed by atoms with Crippen LogP contribution in [0, 0.1) is 0 Å². The second-order valence-electron chi connectivity index (χ2n) is 7.51. The molecule has 5 nitrogen and oxygen atoms in total. The zero-order valence-corrected chi connectivity index (χ0v) is 19.2. The molecule has 2 aromatic heterocycles. The van der Waals surface area contributed by atoms with Crippen molar-refractivity contribution in [1.82, 2.24) is 9.78 Å². The van der Waals surface area contributed by atoms with Crippen LogP contribution in [0.25, 0.3) is 11.3 Å². The Morgan fingerprint density at radius 3 is 2.53 bits per heavy atom. The fourth-order valence-corrected chi connectivity index (χ4v) is 5.56. The average Bonchev–Trinajstić information content (AvgIpc) is 3.25. The predicted octanol–water partition coefficient (Wildman–Crippen LogP) is 5.16. The van der Waals surface area contributed by atoms with Crippen LogP contribution in [0.4, 0.5) is 13.2 Å². The Kier molecular flexibility index (Phi) is 7.32. The zero-order chi connectivity index (χ0) is 23.6. The number of carbonyl (C=O) groups excluding carboxylic acids is 1. The minimum atomic E-state index is -4.50. The van der Waals surface area contributed by atoms with Gasteiger partial charge in [-0.2, -0.15) is 18.3 Å². The number of halogens is 4. The van der Waals surface area contributed by atoms with Gasteiger partial charge in [0.1, 0.15) is 0 Å². The molecule has 0 aliphatic carbocycles. The molecule has 0 radical (unpaired) electrons. The number of aromatic nitrogens is 2. The van der Waals surface area contributed by atoms with Crippen LogP contribution in [0.15, 0.2) is 30.5 Å². The van der Waals surface area contributed by atoms with E-state index >= 15 is 0 Å². The summed E-state index contributed by atoms with van der Waals surface area (Å²) in [4.78, 5) is 13.6. The van der Waals surface area contributed by atoms with Crippen LogP contribution in [0.5, 0.6) is 0 Å². The highest BCUT2D eigenvalue weighted by molar-refractivity contribution is 7.14. The third-order valence-corrected chi connectivity index (χ3v) is 6.89. The van der Waals surface area contributed by atoms with Crippen LogP contribution < -0.4 is 11.5 Å². The zero-order valence-electron chi connectivity index (χ0n) is 17.7. The number of amides is 1. The van der Waals surface area contributed by atoms with E-state index in [4.69, 9.17) is 23.1 Å². The number of hydrogen-bond acceptors (Lipinski definition) is 4. The second-order valence-corrected chi connectivity index (χ2v) is 9.03. The molecule has 2 heterocycles. The lowest BCUT2D eigenvalue weighted by Crippen LogP contribution is -2.21. The molecule has 0 bridgehead atoms. The molecule has 3 rings (SSSR count). The third-order valence-electron chi connectivity index (χ3n) is 5.33. The van der Waals surface area contributed by atoms with E-state index in [1.165, 1.54) is 29.7 Å². The van der Waals surface area contributed by atoms with Gasteiger partial charge in [0.15, 0.2) is 0 Å². The number of benzene rings is 1. The molecule has 1 atom stereocenters. The highest BCUT2D eigenvalue weighted by Crippen LogP contribution is 2.45. The number of nitrogens with two attached hydrogens (primary N) is 2. The summed E-state index contributed by atoms with van der Waals surface area (Å²) in [6, 6.07) is 5.39. The summed E-state index contributed by atoms with van der Waals surface area (Å²) in [6.45, 7) is 2.02. The highest BCUT2D eigenvalue weighted by atomic mass is 35.5. The Labute approximate surface area is 193 Å². The molecule has 172 valence electrons. The maximum Gasteiger partial charge on any atom is 0.416 e. The van der Waals surface area contributed by atoms with Crippen molar-refractivity contribution in [3.63, 3.8) is 0 Å². The summed E-state index contributed by atoms with van der Waals surface area (Å²) in [5.74, 6) is -1.22. The van der Waals surface area contributed by atoms with Gasteiger partial charge in [-0.15, -0.1) is 11.3 Å². The fourth-order valence-electron chi connectivity index (χ4n) is 3.96. The molecular weight excluding hydrogens is 461 g/mol. The lowest BCUT2D eigenvalue weighted by molar-refractivity contribution is -0.138. The van der Waals surface area contributed by atoms with Gasteiger partial charge in [0.25, 0.3) is 5.91 Å². The average molecular weight is 485 g/mol. The van der Waals surface area contributed by atoms with E-state index < -0.39 is 23.6 Å². The Morgan fingerprint density at radius 1 is 1.31 bits per heavy atom. The van der Waals surface area contributed by atoms with Crippen molar-refractivity contribution in [1.29, 1.82) is 0 Å². The maximum absolute atomic E-state index is 13.6. The molecule has 0 fully saturated rings. The SMILES string of the molecule is CCCc1sc(C(N)=O)c([C@@H](CN)Cc2ccccc2C(F)(F)F)c1-c1c(Cl)cnn1C. The molecule has 0 aliphatic heterocycles. The predicted molar refractivity (Wildman–Crippen MR) is 121 cm³/mol. The summed E-state index contributed by atoms with van der Waals surface area (Å²) in [6.07, 6.45) is -1.56. The lowest BCUT2D eigenvalue weighted by Gasteiger charge is -2.21. The highest BCUT2D eigenvalue weighted by Gasteiger charge is 2.35. The summed E-state index contributed by atoms with van der Waals surface area (Å²) in [7, 11) is 1.72. The van der Waals surface area contributed by atoms with E-state index in [1.807, 2.05) is 6.92 Å². The third kappa shape index (κ3) is 4.69. The topological polar surface area (TPSA) is 86.9 Å². The van der Waals surface area contributed by atoms with E-state index in [9.17, 15) is 18.0 Å². The van der Waals surface area contributed by atoms with Crippen LogP contribution >= 0.6 is 22.9 Å². The molecule has 10 heteroatoms. The minimum Gasteiger partial charge on any atom is -0.365 e. The number of alkyl halides is 3. The first kappa shape index (κ1) is 24.3. The number of thiophene rings is 1. The van der Waals surface area contributed by atoms with E-state index in [1.54, 1.807) is 17.8 Å². The van der Waals surface area contributed by atoms with Crippen molar-refractivity contribution >= 4 is 28.8 Å². The van der Waals surface area contributed by atoms with Gasteiger partial charge in [0.2, 0.25) is 0 Å². The molecule has 4 N–H and O–H groups in total. The normalized spacial score (nSPS) is 12.8. The minimum absolute atomic E-state index is 0.00275. The van der Waals surface area contributed by atoms with Crippen LogP contribution in [0.3, 0.4) is 0 Å². The molecule has 0 aliphatic rings. The first-order valence-electron chi connectivity index (χ1n) is 10.1. The monoisotopic (exact) mass is 484 g/mol. The van der Waals surface area contributed by atoms with Crippen molar-refractivity contribution in [3.8, 4) is 11.3 Å². The van der Waals surface area contributed by atoms with Crippen LogP contribution in [-0.4, -0.2) is 22.2 Å². The van der Waals surface area contributed by atoms with Gasteiger partial charge in [-0.3, -0.25) is 9.48 Å². The van der Waals surface area contributed by atoms with Crippen LogP contribution in [0.2, 0.25) is 5.02 Å². The Morgan fingerprint density at radius 2 is 2.00 bits per heavy atom. The van der Waals surface area contributed by atoms with Gasteiger partial charge >= 0.3 is 6.18 Å². The van der Waals surface area contributed by atoms with Crippen molar-refractivity contribution in [2.75, 3.05) is 6.54 Å². The fraction of sp³-hybridized carbons (Fsp3) is 0.364. The number of rotatable bonds is 8. The molecule has 3 aromatic rings. The van der Waals surface area contributed by atoms with E-state index in [0.717, 1.165) is 17.4 Å². The van der Waals surface area contributed by atoms with E-state index in [-0.39, 0.29) is 18.5 Å². The molecule has 1 aromatic carbocycles. The standard InChI is InChI=1S/C22H24ClF3N4OS/c1-3-6-16-18(19-15(23)11-29-30(19)2)17(20(32-16)21(28)31)13(10-27)9-12-7-4-5-8-14(12)22(24,25)26/h4-5,7-8,11,13H,3,6,9-10,27H2,1-2H3,(H2,28,31)/t13-/m1/s1. The van der Waals surface area contributed by atoms with E-state index in [0.29, 0.717) is 33.1 Å². The van der Waals surface area contributed by atoms with Crippen molar-refractivity contribution in [2.24, 2.45) is 18.5 Å². The van der Waals surface area contributed by atoms with Gasteiger partial charge in [0.05, 0.1) is 27.4 Å². The number of aryl methyl sites for hydroxylation is 2. The maximum atomic E-state index is 13.6. The van der Waals surface area contributed by atoms with Gasteiger partial charge in [0, 0.05) is 23.4 Å². The lowest BCUT2D eigenvalue weighted by atomic mass is 9.86. The molecule has 0 unspecified atom stereocenters. The molecule has 0 saturated carbocycles. The second kappa shape index (κ2) is 9.64. The van der Waals surface area contributed by atoms with Gasteiger partial charge in [-0.1, -0.05) is 43.1 Å². The van der Waals surface area contributed by atoms with Gasteiger partial charge in [-0.05, 0) is 36.6 Å².